The van der Waals surface area contributed by atoms with Crippen molar-refractivity contribution in [1.29, 1.82) is 5.26 Å². The Hall–Kier alpha value is -2.59. The van der Waals surface area contributed by atoms with Gasteiger partial charge in [0, 0.05) is 30.7 Å². The Balaban J connectivity index is 1.59. The molecule has 140 valence electrons. The summed E-state index contributed by atoms with van der Waals surface area (Å²) in [5.41, 5.74) is 1.67. The zero-order chi connectivity index (χ0) is 19.4. The van der Waals surface area contributed by atoms with Crippen molar-refractivity contribution < 1.29 is 9.18 Å². The van der Waals surface area contributed by atoms with Crippen molar-refractivity contribution in [3.8, 4) is 6.07 Å². The number of rotatable bonds is 3. The molecule has 0 radical (unpaired) electrons. The summed E-state index contributed by atoms with van der Waals surface area (Å²) < 4.78 is 14.8. The molecule has 2 aromatic carbocycles. The minimum absolute atomic E-state index is 0.0549. The highest BCUT2D eigenvalue weighted by molar-refractivity contribution is 9.10. The Bertz CT molecular complexity index is 857. The van der Waals surface area contributed by atoms with Crippen molar-refractivity contribution in [2.45, 2.75) is 13.0 Å². The lowest BCUT2D eigenvalue weighted by molar-refractivity contribution is 0.191. The fourth-order valence-electron chi connectivity index (χ4n) is 3.15. The smallest absolute Gasteiger partial charge is 0.317 e. The molecule has 1 fully saturated rings. The molecule has 0 spiro atoms. The molecule has 0 aromatic heterocycles. The van der Waals surface area contributed by atoms with Gasteiger partial charge in [-0.25, -0.2) is 9.18 Å². The number of benzene rings is 2. The van der Waals surface area contributed by atoms with E-state index in [0.717, 1.165) is 10.0 Å². The number of carbonyl (C=O) groups is 1. The first-order valence-corrected chi connectivity index (χ1v) is 9.53. The average Bonchev–Trinajstić information content (AvgIpc) is 2.68. The van der Waals surface area contributed by atoms with Crippen molar-refractivity contribution in [2.24, 2.45) is 0 Å². The summed E-state index contributed by atoms with van der Waals surface area (Å²) in [6.45, 7) is 4.08. The second-order valence-electron chi connectivity index (χ2n) is 6.44. The van der Waals surface area contributed by atoms with Crippen molar-refractivity contribution in [3.63, 3.8) is 0 Å². The minimum Gasteiger partial charge on any atom is -0.367 e. The number of hydrogen-bond donors (Lipinski definition) is 1. The van der Waals surface area contributed by atoms with E-state index in [-0.39, 0.29) is 17.6 Å². The predicted molar refractivity (Wildman–Crippen MR) is 106 cm³/mol. The molecule has 1 aliphatic rings. The van der Waals surface area contributed by atoms with Crippen LogP contribution in [0.1, 0.15) is 24.1 Å². The molecule has 5 nitrogen and oxygen atoms in total. The van der Waals surface area contributed by atoms with Crippen molar-refractivity contribution in [3.05, 3.63) is 63.9 Å². The van der Waals surface area contributed by atoms with Crippen molar-refractivity contribution in [1.82, 2.24) is 10.2 Å². The van der Waals surface area contributed by atoms with Crippen LogP contribution in [0, 0.1) is 17.1 Å². The molecule has 27 heavy (non-hydrogen) atoms. The molecule has 0 bridgehead atoms. The average molecular weight is 431 g/mol. The van der Waals surface area contributed by atoms with Crippen LogP contribution in [0.25, 0.3) is 0 Å². The van der Waals surface area contributed by atoms with Gasteiger partial charge >= 0.3 is 6.03 Å². The molecule has 2 aromatic rings. The van der Waals surface area contributed by atoms with Gasteiger partial charge in [-0.05, 0) is 36.8 Å². The van der Waals surface area contributed by atoms with Gasteiger partial charge in [-0.1, -0.05) is 34.1 Å². The molecule has 0 aliphatic carbocycles. The number of nitriles is 1. The number of nitrogens with zero attached hydrogens (tertiary/aromatic N) is 3. The predicted octanol–water partition coefficient (Wildman–Crippen LogP) is 4.05. The lowest BCUT2D eigenvalue weighted by atomic mass is 10.1. The first kappa shape index (κ1) is 19.2. The highest BCUT2D eigenvalue weighted by Crippen LogP contribution is 2.24. The highest BCUT2D eigenvalue weighted by atomic mass is 79.9. The number of piperazine rings is 1. The molecular weight excluding hydrogens is 411 g/mol. The quantitative estimate of drug-likeness (QED) is 0.798. The lowest BCUT2D eigenvalue weighted by Crippen LogP contribution is -2.52. The fraction of sp³-hybridized carbons (Fsp3) is 0.300. The topological polar surface area (TPSA) is 59.4 Å². The Morgan fingerprint density at radius 1 is 1.19 bits per heavy atom. The van der Waals surface area contributed by atoms with Gasteiger partial charge in [0.05, 0.1) is 11.7 Å². The summed E-state index contributed by atoms with van der Waals surface area (Å²) in [7, 11) is 0. The SMILES string of the molecule is CC(NC(=O)N1CCN(c2cccc(F)c2C#N)CC1)c1ccc(Br)cc1. The summed E-state index contributed by atoms with van der Waals surface area (Å²) >= 11 is 3.40. The summed E-state index contributed by atoms with van der Waals surface area (Å²) in [6.07, 6.45) is 0. The molecule has 1 saturated heterocycles. The number of nitrogens with one attached hydrogen (secondary N) is 1. The fourth-order valence-corrected chi connectivity index (χ4v) is 3.41. The van der Waals surface area contributed by atoms with Gasteiger partial charge in [0.15, 0.2) is 0 Å². The van der Waals surface area contributed by atoms with Gasteiger partial charge in [-0.15, -0.1) is 0 Å². The van der Waals surface area contributed by atoms with Crippen LogP contribution in [0.3, 0.4) is 0 Å². The van der Waals surface area contributed by atoms with E-state index < -0.39 is 5.82 Å². The van der Waals surface area contributed by atoms with E-state index in [4.69, 9.17) is 0 Å². The van der Waals surface area contributed by atoms with Crippen molar-refractivity contribution in [2.75, 3.05) is 31.1 Å². The maximum absolute atomic E-state index is 13.8. The van der Waals surface area contributed by atoms with E-state index in [1.165, 1.54) is 6.07 Å². The molecule has 2 amide bonds. The molecule has 1 atom stereocenters. The third-order valence-corrected chi connectivity index (χ3v) is 5.25. The van der Waals surface area contributed by atoms with E-state index in [2.05, 4.69) is 21.2 Å². The molecule has 1 aliphatic heterocycles. The number of halogens is 2. The van der Waals surface area contributed by atoms with Crippen LogP contribution in [0.15, 0.2) is 46.9 Å². The van der Waals surface area contributed by atoms with Crippen LogP contribution < -0.4 is 10.2 Å². The number of amides is 2. The van der Waals surface area contributed by atoms with Crippen LogP contribution in [-0.4, -0.2) is 37.1 Å². The zero-order valence-corrected chi connectivity index (χ0v) is 16.5. The first-order valence-electron chi connectivity index (χ1n) is 8.74. The Morgan fingerprint density at radius 2 is 1.85 bits per heavy atom. The van der Waals surface area contributed by atoms with Gasteiger partial charge in [-0.3, -0.25) is 0 Å². The number of carbonyl (C=O) groups excluding carboxylic acids is 1. The normalized spacial score (nSPS) is 15.2. The van der Waals surface area contributed by atoms with Gasteiger partial charge in [-0.2, -0.15) is 5.26 Å². The van der Waals surface area contributed by atoms with Crippen LogP contribution in [0.4, 0.5) is 14.9 Å². The van der Waals surface area contributed by atoms with Crippen LogP contribution in [-0.2, 0) is 0 Å². The maximum Gasteiger partial charge on any atom is 0.317 e. The van der Waals surface area contributed by atoms with Gasteiger partial charge in [0.1, 0.15) is 17.4 Å². The summed E-state index contributed by atoms with van der Waals surface area (Å²) in [6, 6.07) is 14.2. The Labute approximate surface area is 166 Å². The van der Waals surface area contributed by atoms with E-state index >= 15 is 0 Å². The van der Waals surface area contributed by atoms with Crippen LogP contribution >= 0.6 is 15.9 Å². The minimum atomic E-state index is -0.515. The molecule has 0 saturated carbocycles. The van der Waals surface area contributed by atoms with E-state index in [9.17, 15) is 14.4 Å². The van der Waals surface area contributed by atoms with E-state index in [1.807, 2.05) is 42.2 Å². The highest BCUT2D eigenvalue weighted by Gasteiger charge is 2.24. The van der Waals surface area contributed by atoms with Crippen LogP contribution in [0.5, 0.6) is 0 Å². The summed E-state index contributed by atoms with van der Waals surface area (Å²) in [4.78, 5) is 16.2. The number of anilines is 1. The Morgan fingerprint density at radius 3 is 2.48 bits per heavy atom. The van der Waals surface area contributed by atoms with Gasteiger partial charge < -0.3 is 15.1 Å². The largest absolute Gasteiger partial charge is 0.367 e. The third kappa shape index (κ3) is 4.40. The van der Waals surface area contributed by atoms with Gasteiger partial charge in [0.25, 0.3) is 0 Å². The maximum atomic E-state index is 13.8. The van der Waals surface area contributed by atoms with E-state index in [0.29, 0.717) is 31.9 Å². The second-order valence-corrected chi connectivity index (χ2v) is 7.36. The zero-order valence-electron chi connectivity index (χ0n) is 15.0. The molecule has 1 unspecified atom stereocenters. The monoisotopic (exact) mass is 430 g/mol. The number of urea groups is 1. The molecule has 7 heteroatoms. The van der Waals surface area contributed by atoms with Gasteiger partial charge in [0.2, 0.25) is 0 Å². The van der Waals surface area contributed by atoms with E-state index in [1.54, 1.807) is 17.0 Å². The second kappa shape index (κ2) is 8.40. The summed E-state index contributed by atoms with van der Waals surface area (Å²) in [5.74, 6) is -0.515. The molecule has 3 rings (SSSR count). The standard InChI is InChI=1S/C20H20BrFN4O/c1-14(15-5-7-16(21)8-6-15)24-20(27)26-11-9-25(10-12-26)19-4-2-3-18(22)17(19)13-23/h2-8,14H,9-12H2,1H3,(H,24,27). The Kier molecular flexibility index (Phi) is 5.97. The lowest BCUT2D eigenvalue weighted by Gasteiger charge is -2.37. The molecular formula is C20H20BrFN4O. The summed E-state index contributed by atoms with van der Waals surface area (Å²) in [5, 5.41) is 12.2. The first-order chi connectivity index (χ1) is 13.0. The number of hydrogen-bond acceptors (Lipinski definition) is 3. The third-order valence-electron chi connectivity index (χ3n) is 4.72. The van der Waals surface area contributed by atoms with Crippen LogP contribution in [0.2, 0.25) is 0 Å². The molecule has 1 N–H and O–H groups in total. The van der Waals surface area contributed by atoms with Crippen molar-refractivity contribution >= 4 is 27.6 Å². The molecule has 1 heterocycles.